The maximum atomic E-state index is 12.9. The Balaban J connectivity index is 1.76. The average Bonchev–Trinajstić information content (AvgIpc) is 3.23. The second-order valence-electron chi connectivity index (χ2n) is 7.50. The summed E-state index contributed by atoms with van der Waals surface area (Å²) in [6.45, 7) is 1.57. The van der Waals surface area contributed by atoms with Gasteiger partial charge < -0.3 is 14.6 Å². The molecule has 184 valence electrons. The van der Waals surface area contributed by atoms with Crippen LogP contribution in [0.4, 0.5) is 24.8 Å². The number of sulfone groups is 1. The van der Waals surface area contributed by atoms with Gasteiger partial charge in [0.1, 0.15) is 11.3 Å². The number of rotatable bonds is 6. The van der Waals surface area contributed by atoms with Crippen molar-refractivity contribution in [2.75, 3.05) is 17.7 Å². The van der Waals surface area contributed by atoms with Crippen LogP contribution in [0.1, 0.15) is 6.92 Å². The Kier molecular flexibility index (Phi) is 6.65. The number of anilines is 2. The summed E-state index contributed by atoms with van der Waals surface area (Å²) in [7, 11) is -1.62. The lowest BCUT2D eigenvalue weighted by Crippen LogP contribution is -2.17. The van der Waals surface area contributed by atoms with Crippen molar-refractivity contribution in [1.82, 2.24) is 9.97 Å². The van der Waals surface area contributed by atoms with Gasteiger partial charge in [0, 0.05) is 23.9 Å². The molecule has 1 aromatic heterocycles. The van der Waals surface area contributed by atoms with Gasteiger partial charge in [0.2, 0.25) is 5.95 Å². The van der Waals surface area contributed by atoms with Crippen LogP contribution < -0.4 is 9.64 Å². The molecule has 0 saturated heterocycles. The first-order chi connectivity index (χ1) is 16.4. The SMILES string of the molecule is CCS(=O)(=O)c1ccc(N(C)c2nc3c(Cl)c(-c4ccccc4OC(F)(F)F)c(Cl)cc3[nH]2)cc1. The predicted octanol–water partition coefficient (Wildman–Crippen LogP) is 7.00. The first-order valence-corrected chi connectivity index (χ1v) is 12.6. The highest BCUT2D eigenvalue weighted by Crippen LogP contribution is 2.44. The monoisotopic (exact) mass is 543 g/mol. The molecule has 12 heteroatoms. The summed E-state index contributed by atoms with van der Waals surface area (Å²) in [5, 5.41) is 0.152. The quantitative estimate of drug-likeness (QED) is 0.283. The zero-order valence-electron chi connectivity index (χ0n) is 18.3. The summed E-state index contributed by atoms with van der Waals surface area (Å²) >= 11 is 13.0. The van der Waals surface area contributed by atoms with Gasteiger partial charge in [-0.15, -0.1) is 13.2 Å². The zero-order chi connectivity index (χ0) is 25.5. The molecule has 0 fully saturated rings. The number of hydrogen-bond acceptors (Lipinski definition) is 5. The van der Waals surface area contributed by atoms with Crippen molar-refractivity contribution in [3.8, 4) is 16.9 Å². The third kappa shape index (κ3) is 5.05. The van der Waals surface area contributed by atoms with Crippen LogP contribution in [0.25, 0.3) is 22.2 Å². The van der Waals surface area contributed by atoms with Crippen molar-refractivity contribution >= 4 is 55.7 Å². The highest BCUT2D eigenvalue weighted by Gasteiger charge is 2.33. The van der Waals surface area contributed by atoms with E-state index in [4.69, 9.17) is 23.2 Å². The number of imidazole rings is 1. The molecule has 0 spiro atoms. The van der Waals surface area contributed by atoms with E-state index in [1.54, 1.807) is 37.1 Å². The van der Waals surface area contributed by atoms with Crippen LogP contribution in [0, 0.1) is 0 Å². The Morgan fingerprint density at radius 3 is 2.37 bits per heavy atom. The maximum absolute atomic E-state index is 12.9. The summed E-state index contributed by atoms with van der Waals surface area (Å²) in [6.07, 6.45) is -4.90. The molecule has 0 atom stereocenters. The molecule has 4 aromatic rings. The number of para-hydroxylation sites is 1. The molecule has 0 bridgehead atoms. The number of aromatic nitrogens is 2. The number of nitrogens with one attached hydrogen (secondary N) is 1. The first kappa shape index (κ1) is 25.2. The standard InChI is InChI=1S/C23H18Cl2F3N3O3S/c1-3-35(32,33)14-10-8-13(9-11-14)31(2)22-29-17-12-16(24)19(20(25)21(17)30-22)15-6-4-5-7-18(15)34-23(26,27)28/h4-12H,3H2,1-2H3,(H,29,30). The molecule has 0 unspecified atom stereocenters. The molecular formula is C23H18Cl2F3N3O3S. The van der Waals surface area contributed by atoms with Crippen molar-refractivity contribution in [1.29, 1.82) is 0 Å². The fourth-order valence-corrected chi connectivity index (χ4v) is 5.11. The van der Waals surface area contributed by atoms with E-state index in [0.717, 1.165) is 0 Å². The van der Waals surface area contributed by atoms with Crippen LogP contribution in [0.5, 0.6) is 5.75 Å². The van der Waals surface area contributed by atoms with E-state index in [0.29, 0.717) is 22.7 Å². The van der Waals surface area contributed by atoms with Gasteiger partial charge in [-0.3, -0.25) is 0 Å². The van der Waals surface area contributed by atoms with Crippen molar-refractivity contribution in [3.63, 3.8) is 0 Å². The highest BCUT2D eigenvalue weighted by atomic mass is 35.5. The summed E-state index contributed by atoms with van der Waals surface area (Å²) in [5.74, 6) is -0.0935. The maximum Gasteiger partial charge on any atom is 0.573 e. The van der Waals surface area contributed by atoms with Gasteiger partial charge in [-0.25, -0.2) is 13.4 Å². The Labute approximate surface area is 209 Å². The van der Waals surface area contributed by atoms with Gasteiger partial charge in [-0.1, -0.05) is 48.3 Å². The Hall–Kier alpha value is -2.95. The van der Waals surface area contributed by atoms with Crippen molar-refractivity contribution < 1.29 is 26.3 Å². The van der Waals surface area contributed by atoms with Crippen LogP contribution >= 0.6 is 23.2 Å². The molecule has 0 aliphatic heterocycles. The number of benzene rings is 3. The number of nitrogens with zero attached hydrogens (tertiary/aromatic N) is 2. The molecule has 6 nitrogen and oxygen atoms in total. The largest absolute Gasteiger partial charge is 0.573 e. The smallest absolute Gasteiger partial charge is 0.405 e. The molecule has 0 aliphatic carbocycles. The zero-order valence-corrected chi connectivity index (χ0v) is 20.6. The van der Waals surface area contributed by atoms with Crippen LogP contribution in [0.3, 0.4) is 0 Å². The van der Waals surface area contributed by atoms with Gasteiger partial charge in [0.05, 0.1) is 26.2 Å². The number of ether oxygens (including phenoxy) is 1. The minimum Gasteiger partial charge on any atom is -0.405 e. The lowest BCUT2D eigenvalue weighted by Gasteiger charge is -2.16. The Morgan fingerprint density at radius 2 is 1.74 bits per heavy atom. The summed E-state index contributed by atoms with van der Waals surface area (Å²) in [5.41, 5.74) is 1.61. The molecule has 3 aromatic carbocycles. The third-order valence-corrected chi connectivity index (χ3v) is 7.74. The summed E-state index contributed by atoms with van der Waals surface area (Å²) < 4.78 is 67.0. The molecular weight excluding hydrogens is 526 g/mol. The molecule has 4 rings (SSSR count). The van der Waals surface area contributed by atoms with Gasteiger partial charge in [-0.05, 0) is 36.4 Å². The topological polar surface area (TPSA) is 75.3 Å². The number of H-pyrrole nitrogens is 1. The van der Waals surface area contributed by atoms with Gasteiger partial charge in [0.25, 0.3) is 0 Å². The molecule has 0 radical (unpaired) electrons. The van der Waals surface area contributed by atoms with E-state index in [-0.39, 0.29) is 31.8 Å². The Morgan fingerprint density at radius 1 is 1.09 bits per heavy atom. The number of halogens is 5. The van der Waals surface area contributed by atoms with E-state index >= 15 is 0 Å². The summed E-state index contributed by atoms with van der Waals surface area (Å²) in [4.78, 5) is 9.47. The minimum absolute atomic E-state index is 0.00943. The van der Waals surface area contributed by atoms with Crippen LogP contribution in [0.2, 0.25) is 10.0 Å². The van der Waals surface area contributed by atoms with Crippen molar-refractivity contribution in [3.05, 3.63) is 64.6 Å². The molecule has 0 aliphatic rings. The molecule has 0 amide bonds. The second-order valence-corrected chi connectivity index (χ2v) is 10.6. The lowest BCUT2D eigenvalue weighted by atomic mass is 10.0. The minimum atomic E-state index is -4.90. The van der Waals surface area contributed by atoms with Gasteiger partial charge in [-0.2, -0.15) is 0 Å². The van der Waals surface area contributed by atoms with Gasteiger partial charge in [0.15, 0.2) is 9.84 Å². The second kappa shape index (κ2) is 9.25. The predicted molar refractivity (Wildman–Crippen MR) is 130 cm³/mol. The Bertz CT molecular complexity index is 1500. The fourth-order valence-electron chi connectivity index (χ4n) is 3.53. The van der Waals surface area contributed by atoms with Crippen molar-refractivity contribution in [2.45, 2.75) is 18.2 Å². The molecule has 35 heavy (non-hydrogen) atoms. The summed E-state index contributed by atoms with van der Waals surface area (Å²) in [6, 6.07) is 13.4. The van der Waals surface area contributed by atoms with E-state index in [1.807, 2.05) is 0 Å². The third-order valence-electron chi connectivity index (χ3n) is 5.32. The highest BCUT2D eigenvalue weighted by molar-refractivity contribution is 7.91. The number of hydrogen-bond donors (Lipinski definition) is 1. The van der Waals surface area contributed by atoms with Crippen LogP contribution in [0.15, 0.2) is 59.5 Å². The van der Waals surface area contributed by atoms with Gasteiger partial charge >= 0.3 is 6.36 Å². The number of fused-ring (bicyclic) bond motifs is 1. The normalized spacial score (nSPS) is 12.2. The molecule has 1 heterocycles. The van der Waals surface area contributed by atoms with E-state index in [2.05, 4.69) is 14.7 Å². The molecule has 0 saturated carbocycles. The molecule has 1 N–H and O–H groups in total. The first-order valence-electron chi connectivity index (χ1n) is 10.2. The van der Waals surface area contributed by atoms with Crippen LogP contribution in [-0.4, -0.2) is 37.5 Å². The fraction of sp³-hybridized carbons (Fsp3) is 0.174. The van der Waals surface area contributed by atoms with Crippen LogP contribution in [-0.2, 0) is 9.84 Å². The van der Waals surface area contributed by atoms with E-state index < -0.39 is 21.9 Å². The van der Waals surface area contributed by atoms with Crippen molar-refractivity contribution in [2.24, 2.45) is 0 Å². The number of aromatic amines is 1. The van der Waals surface area contributed by atoms with E-state index in [9.17, 15) is 21.6 Å². The number of alkyl halides is 3. The lowest BCUT2D eigenvalue weighted by molar-refractivity contribution is -0.274. The van der Waals surface area contributed by atoms with E-state index in [1.165, 1.54) is 36.4 Å². The average molecular weight is 544 g/mol.